The van der Waals surface area contributed by atoms with Crippen LogP contribution in [0, 0.1) is 11.8 Å². The molecule has 1 aromatic carbocycles. The van der Waals surface area contributed by atoms with Gasteiger partial charge in [0.05, 0.1) is 0 Å². The summed E-state index contributed by atoms with van der Waals surface area (Å²) in [5.41, 5.74) is 0. The van der Waals surface area contributed by atoms with Crippen molar-refractivity contribution in [2.75, 3.05) is 13.2 Å². The van der Waals surface area contributed by atoms with E-state index in [1.54, 1.807) is 12.1 Å². The molecule has 0 radical (unpaired) electrons. The van der Waals surface area contributed by atoms with Gasteiger partial charge in [-0.1, -0.05) is 39.8 Å². The fourth-order valence-electron chi connectivity index (χ4n) is 1.00. The molecule has 0 saturated heterocycles. The lowest BCUT2D eigenvalue weighted by Crippen LogP contribution is -2.06. The molecule has 0 atom stereocenters. The number of aromatic hydroxyl groups is 2. The molecule has 0 saturated carbocycles. The van der Waals surface area contributed by atoms with Crippen molar-refractivity contribution < 1.29 is 14.9 Å². The molecule has 1 rings (SSSR count). The highest BCUT2D eigenvalue weighted by Gasteiger charge is 1.95. The van der Waals surface area contributed by atoms with Crippen LogP contribution >= 0.6 is 0 Å². The van der Waals surface area contributed by atoms with Crippen molar-refractivity contribution in [3.05, 3.63) is 24.3 Å². The Balaban J connectivity index is 0.000000302. The van der Waals surface area contributed by atoms with Crippen LogP contribution in [0.15, 0.2) is 24.3 Å². The second-order valence-corrected chi connectivity index (χ2v) is 4.81. The third kappa shape index (κ3) is 9.69. The zero-order chi connectivity index (χ0) is 13.3. The first-order valence-corrected chi connectivity index (χ1v) is 5.98. The summed E-state index contributed by atoms with van der Waals surface area (Å²) in [6.45, 7) is 10.5. The number of phenolic OH excluding ortho intramolecular Hbond substituents is 2. The van der Waals surface area contributed by atoms with Crippen LogP contribution < -0.4 is 0 Å². The van der Waals surface area contributed by atoms with E-state index in [9.17, 15) is 0 Å². The molecule has 3 nitrogen and oxygen atoms in total. The van der Waals surface area contributed by atoms with E-state index < -0.39 is 0 Å². The van der Waals surface area contributed by atoms with E-state index in [1.807, 2.05) is 0 Å². The SMILES string of the molecule is CC(C)COCC(C)C.Oc1ccccc1O. The summed E-state index contributed by atoms with van der Waals surface area (Å²) >= 11 is 0. The molecule has 3 heteroatoms. The van der Waals surface area contributed by atoms with Crippen LogP contribution in [-0.4, -0.2) is 23.4 Å². The summed E-state index contributed by atoms with van der Waals surface area (Å²) in [4.78, 5) is 0. The van der Waals surface area contributed by atoms with Gasteiger partial charge in [-0.05, 0) is 24.0 Å². The van der Waals surface area contributed by atoms with Crippen LogP contribution in [0.4, 0.5) is 0 Å². The average Bonchev–Trinajstić information content (AvgIpc) is 2.22. The quantitative estimate of drug-likeness (QED) is 0.793. The molecular weight excluding hydrogens is 216 g/mol. The molecule has 0 amide bonds. The van der Waals surface area contributed by atoms with Gasteiger partial charge in [0.25, 0.3) is 0 Å². The van der Waals surface area contributed by atoms with E-state index in [0.29, 0.717) is 11.8 Å². The lowest BCUT2D eigenvalue weighted by Gasteiger charge is -2.07. The van der Waals surface area contributed by atoms with Gasteiger partial charge in [0.1, 0.15) is 0 Å². The number of hydrogen-bond donors (Lipinski definition) is 2. The topological polar surface area (TPSA) is 49.7 Å². The lowest BCUT2D eigenvalue weighted by molar-refractivity contribution is 0.0886. The molecule has 0 heterocycles. The molecule has 0 fully saturated rings. The molecule has 17 heavy (non-hydrogen) atoms. The number of rotatable bonds is 4. The number of hydrogen-bond acceptors (Lipinski definition) is 3. The van der Waals surface area contributed by atoms with Gasteiger partial charge in [0.2, 0.25) is 0 Å². The summed E-state index contributed by atoms with van der Waals surface area (Å²) in [5.74, 6) is 1.19. The minimum absolute atomic E-state index is 0.0764. The smallest absolute Gasteiger partial charge is 0.157 e. The number of para-hydroxylation sites is 2. The minimum atomic E-state index is -0.0764. The fourth-order valence-corrected chi connectivity index (χ4v) is 1.00. The van der Waals surface area contributed by atoms with Gasteiger partial charge < -0.3 is 14.9 Å². The summed E-state index contributed by atoms with van der Waals surface area (Å²) < 4.78 is 5.36. The summed E-state index contributed by atoms with van der Waals surface area (Å²) in [7, 11) is 0. The van der Waals surface area contributed by atoms with Crippen molar-refractivity contribution in [3.8, 4) is 11.5 Å². The minimum Gasteiger partial charge on any atom is -0.504 e. The first-order chi connectivity index (χ1) is 7.93. The van der Waals surface area contributed by atoms with Gasteiger partial charge in [0, 0.05) is 13.2 Å². The summed E-state index contributed by atoms with van der Waals surface area (Å²) in [5, 5.41) is 17.3. The molecule has 0 aliphatic heterocycles. The molecule has 0 bridgehead atoms. The Morgan fingerprint density at radius 2 is 1.24 bits per heavy atom. The Labute approximate surface area is 104 Å². The van der Waals surface area contributed by atoms with Gasteiger partial charge >= 0.3 is 0 Å². The monoisotopic (exact) mass is 240 g/mol. The first kappa shape index (κ1) is 15.8. The third-order valence-electron chi connectivity index (χ3n) is 1.78. The van der Waals surface area contributed by atoms with Gasteiger partial charge in [-0.2, -0.15) is 0 Å². The van der Waals surface area contributed by atoms with Crippen molar-refractivity contribution in [2.24, 2.45) is 11.8 Å². The Bertz CT molecular complexity index is 266. The van der Waals surface area contributed by atoms with Crippen LogP contribution in [-0.2, 0) is 4.74 Å². The highest BCUT2D eigenvalue weighted by atomic mass is 16.5. The normalized spacial score (nSPS) is 10.2. The van der Waals surface area contributed by atoms with E-state index in [4.69, 9.17) is 14.9 Å². The maximum atomic E-state index is 8.67. The Morgan fingerprint density at radius 1 is 0.882 bits per heavy atom. The molecule has 0 aliphatic carbocycles. The highest BCUT2D eigenvalue weighted by molar-refractivity contribution is 5.36. The zero-order valence-electron chi connectivity index (χ0n) is 11.2. The molecule has 2 N–H and O–H groups in total. The lowest BCUT2D eigenvalue weighted by atomic mass is 10.2. The first-order valence-electron chi connectivity index (χ1n) is 5.98. The molecule has 0 aliphatic rings. The van der Waals surface area contributed by atoms with Crippen molar-refractivity contribution in [3.63, 3.8) is 0 Å². The maximum absolute atomic E-state index is 8.67. The number of phenols is 2. The molecule has 0 spiro atoms. The summed E-state index contributed by atoms with van der Waals surface area (Å²) in [6.07, 6.45) is 0. The van der Waals surface area contributed by atoms with Crippen molar-refractivity contribution in [1.82, 2.24) is 0 Å². The predicted octanol–water partition coefficient (Wildman–Crippen LogP) is 3.41. The van der Waals surface area contributed by atoms with Crippen LogP contribution in [0.25, 0.3) is 0 Å². The predicted molar refractivity (Wildman–Crippen MR) is 70.3 cm³/mol. The maximum Gasteiger partial charge on any atom is 0.157 e. The fraction of sp³-hybridized carbons (Fsp3) is 0.571. The van der Waals surface area contributed by atoms with E-state index in [-0.39, 0.29) is 11.5 Å². The Kier molecular flexibility index (Phi) is 8.24. The van der Waals surface area contributed by atoms with Crippen molar-refractivity contribution in [2.45, 2.75) is 27.7 Å². The largest absolute Gasteiger partial charge is 0.504 e. The Hall–Kier alpha value is -1.22. The second kappa shape index (κ2) is 8.88. The van der Waals surface area contributed by atoms with Crippen molar-refractivity contribution >= 4 is 0 Å². The van der Waals surface area contributed by atoms with E-state index >= 15 is 0 Å². The van der Waals surface area contributed by atoms with E-state index in [0.717, 1.165) is 13.2 Å². The molecule has 98 valence electrons. The highest BCUT2D eigenvalue weighted by Crippen LogP contribution is 2.21. The van der Waals surface area contributed by atoms with Gasteiger partial charge in [0.15, 0.2) is 11.5 Å². The molecular formula is C14H24O3. The van der Waals surface area contributed by atoms with Gasteiger partial charge in [-0.25, -0.2) is 0 Å². The van der Waals surface area contributed by atoms with Gasteiger partial charge in [-0.3, -0.25) is 0 Å². The Morgan fingerprint density at radius 3 is 1.47 bits per heavy atom. The third-order valence-corrected chi connectivity index (χ3v) is 1.78. The molecule has 0 aromatic heterocycles. The van der Waals surface area contributed by atoms with Crippen molar-refractivity contribution in [1.29, 1.82) is 0 Å². The standard InChI is InChI=1S/C8H18O.C6H6O2/c1-7(2)5-9-6-8(3)4;7-5-3-1-2-4-6(5)8/h7-8H,5-6H2,1-4H3;1-4,7-8H. The van der Waals surface area contributed by atoms with E-state index in [1.165, 1.54) is 12.1 Å². The van der Waals surface area contributed by atoms with Gasteiger partial charge in [-0.15, -0.1) is 0 Å². The molecule has 1 aromatic rings. The summed E-state index contributed by atoms with van der Waals surface area (Å²) in [6, 6.07) is 6.15. The van der Waals surface area contributed by atoms with Crippen LogP contribution in [0.5, 0.6) is 11.5 Å². The van der Waals surface area contributed by atoms with E-state index in [2.05, 4.69) is 27.7 Å². The molecule has 0 unspecified atom stereocenters. The average molecular weight is 240 g/mol. The number of ether oxygens (including phenoxy) is 1. The second-order valence-electron chi connectivity index (χ2n) is 4.81. The zero-order valence-corrected chi connectivity index (χ0v) is 11.2. The van der Waals surface area contributed by atoms with Crippen LogP contribution in [0.2, 0.25) is 0 Å². The van der Waals surface area contributed by atoms with Crippen LogP contribution in [0.1, 0.15) is 27.7 Å². The van der Waals surface area contributed by atoms with Crippen LogP contribution in [0.3, 0.4) is 0 Å². The number of benzene rings is 1.